The summed E-state index contributed by atoms with van der Waals surface area (Å²) in [7, 11) is 0. The third-order valence-electron chi connectivity index (χ3n) is 8.68. The molecule has 1 heterocycles. The number of hydrogen-bond donors (Lipinski definition) is 0. The van der Waals surface area contributed by atoms with Crippen molar-refractivity contribution in [1.82, 2.24) is 4.98 Å². The summed E-state index contributed by atoms with van der Waals surface area (Å²) in [5.74, 6) is 0. The van der Waals surface area contributed by atoms with Gasteiger partial charge in [0.2, 0.25) is 0 Å². The summed E-state index contributed by atoms with van der Waals surface area (Å²) in [4.78, 5) is 4.75. The predicted molar refractivity (Wildman–Crippen MR) is 183 cm³/mol. The first kappa shape index (κ1) is 25.2. The minimum atomic E-state index is 0.986. The topological polar surface area (TPSA) is 12.9 Å². The molecule has 0 N–H and O–H groups in total. The van der Waals surface area contributed by atoms with Crippen LogP contribution in [0.15, 0.2) is 158 Å². The Morgan fingerprint density at radius 2 is 0.884 bits per heavy atom. The number of rotatable bonds is 4. The van der Waals surface area contributed by atoms with Gasteiger partial charge in [-0.3, -0.25) is 4.98 Å². The summed E-state index contributed by atoms with van der Waals surface area (Å²) >= 11 is 0. The maximum absolute atomic E-state index is 4.75. The second-order valence-electron chi connectivity index (χ2n) is 11.2. The van der Waals surface area contributed by atoms with Crippen molar-refractivity contribution in [3.05, 3.63) is 163 Å². The van der Waals surface area contributed by atoms with Crippen LogP contribution >= 0.6 is 0 Å². The zero-order valence-corrected chi connectivity index (χ0v) is 24.0. The van der Waals surface area contributed by atoms with Crippen molar-refractivity contribution in [3.8, 4) is 44.6 Å². The van der Waals surface area contributed by atoms with E-state index in [4.69, 9.17) is 4.98 Å². The van der Waals surface area contributed by atoms with Crippen molar-refractivity contribution in [1.29, 1.82) is 0 Å². The average Bonchev–Trinajstić information content (AvgIpc) is 3.08. The number of aryl methyl sites for hydroxylation is 1. The number of aromatic nitrogens is 1. The summed E-state index contributed by atoms with van der Waals surface area (Å²) in [5.41, 5.74) is 10.8. The molecule has 0 radical (unpaired) electrons. The molecule has 0 saturated carbocycles. The minimum absolute atomic E-state index is 0.986. The third-order valence-corrected chi connectivity index (χ3v) is 8.68. The van der Waals surface area contributed by atoms with Crippen LogP contribution < -0.4 is 0 Å². The monoisotopic (exact) mass is 547 g/mol. The number of nitrogens with zero attached hydrogens (tertiary/aromatic N) is 1. The van der Waals surface area contributed by atoms with E-state index in [2.05, 4.69) is 140 Å². The van der Waals surface area contributed by atoms with Crippen molar-refractivity contribution >= 4 is 32.3 Å². The Hall–Kier alpha value is -5.53. The molecule has 0 fully saturated rings. The highest BCUT2D eigenvalue weighted by Gasteiger charge is 2.18. The highest BCUT2D eigenvalue weighted by atomic mass is 14.7. The molecule has 0 unspecified atom stereocenters. The van der Waals surface area contributed by atoms with E-state index in [1.54, 1.807) is 0 Å². The highest BCUT2D eigenvalue weighted by Crippen LogP contribution is 2.45. The molecule has 0 saturated heterocycles. The SMILES string of the molecule is Cc1cccc2c(-c3c4ccccc4c(-c4ccc(-c5ccc(-c6ccccc6)nc5)cc4)c4ccccc34)cccc12. The van der Waals surface area contributed by atoms with Gasteiger partial charge in [-0.05, 0) is 78.7 Å². The van der Waals surface area contributed by atoms with Gasteiger partial charge in [-0.1, -0.05) is 146 Å². The van der Waals surface area contributed by atoms with E-state index in [1.807, 2.05) is 24.4 Å². The van der Waals surface area contributed by atoms with E-state index in [0.717, 1.165) is 22.4 Å². The Morgan fingerprint density at radius 3 is 1.53 bits per heavy atom. The number of benzene rings is 7. The zero-order valence-electron chi connectivity index (χ0n) is 24.0. The fourth-order valence-corrected chi connectivity index (χ4v) is 6.59. The zero-order chi connectivity index (χ0) is 28.8. The summed E-state index contributed by atoms with van der Waals surface area (Å²) in [6.45, 7) is 2.20. The van der Waals surface area contributed by atoms with Crippen LogP contribution in [0, 0.1) is 6.92 Å². The molecule has 0 atom stereocenters. The van der Waals surface area contributed by atoms with Crippen molar-refractivity contribution in [3.63, 3.8) is 0 Å². The van der Waals surface area contributed by atoms with Gasteiger partial charge in [0.05, 0.1) is 5.69 Å². The second kappa shape index (κ2) is 10.4. The van der Waals surface area contributed by atoms with Crippen LogP contribution in [0.3, 0.4) is 0 Å². The Bertz CT molecular complexity index is 2200. The lowest BCUT2D eigenvalue weighted by Crippen LogP contribution is -1.92. The predicted octanol–water partition coefficient (Wildman–Crippen LogP) is 11.5. The fraction of sp³-hybridized carbons (Fsp3) is 0.0238. The van der Waals surface area contributed by atoms with Crippen molar-refractivity contribution < 1.29 is 0 Å². The van der Waals surface area contributed by atoms with E-state index in [9.17, 15) is 0 Å². The van der Waals surface area contributed by atoms with Gasteiger partial charge in [0, 0.05) is 17.3 Å². The Kier molecular flexibility index (Phi) is 6.09. The van der Waals surface area contributed by atoms with Gasteiger partial charge >= 0.3 is 0 Å². The second-order valence-corrected chi connectivity index (χ2v) is 11.2. The van der Waals surface area contributed by atoms with Gasteiger partial charge in [0.25, 0.3) is 0 Å². The molecule has 202 valence electrons. The molecular weight excluding hydrogens is 518 g/mol. The Balaban J connectivity index is 1.29. The summed E-state index contributed by atoms with van der Waals surface area (Å²) in [5, 5.41) is 7.68. The molecule has 0 bridgehead atoms. The van der Waals surface area contributed by atoms with Gasteiger partial charge in [-0.2, -0.15) is 0 Å². The normalized spacial score (nSPS) is 11.4. The first-order valence-electron chi connectivity index (χ1n) is 14.8. The van der Waals surface area contributed by atoms with Crippen LogP contribution in [0.2, 0.25) is 0 Å². The molecule has 8 rings (SSSR count). The summed E-state index contributed by atoms with van der Waals surface area (Å²) in [6, 6.07) is 54.6. The van der Waals surface area contributed by atoms with E-state index < -0.39 is 0 Å². The van der Waals surface area contributed by atoms with Gasteiger partial charge in [0.1, 0.15) is 0 Å². The number of hydrogen-bond acceptors (Lipinski definition) is 1. The molecule has 8 aromatic rings. The smallest absolute Gasteiger partial charge is 0.0702 e. The lowest BCUT2D eigenvalue weighted by Gasteiger charge is -2.19. The highest BCUT2D eigenvalue weighted by molar-refractivity contribution is 6.23. The number of fused-ring (bicyclic) bond motifs is 3. The van der Waals surface area contributed by atoms with Gasteiger partial charge in [-0.15, -0.1) is 0 Å². The van der Waals surface area contributed by atoms with E-state index in [1.165, 1.54) is 60.1 Å². The van der Waals surface area contributed by atoms with E-state index in [0.29, 0.717) is 0 Å². The van der Waals surface area contributed by atoms with Crippen LogP contribution in [0.1, 0.15) is 5.56 Å². The van der Waals surface area contributed by atoms with Gasteiger partial charge in [0.15, 0.2) is 0 Å². The molecule has 0 aliphatic rings. The minimum Gasteiger partial charge on any atom is -0.256 e. The first-order valence-corrected chi connectivity index (χ1v) is 14.8. The maximum atomic E-state index is 4.75. The molecule has 1 heteroatoms. The fourth-order valence-electron chi connectivity index (χ4n) is 6.59. The van der Waals surface area contributed by atoms with Crippen LogP contribution in [-0.2, 0) is 0 Å². The largest absolute Gasteiger partial charge is 0.256 e. The van der Waals surface area contributed by atoms with E-state index in [-0.39, 0.29) is 0 Å². The lowest BCUT2D eigenvalue weighted by molar-refractivity contribution is 1.32. The maximum Gasteiger partial charge on any atom is 0.0702 e. The number of pyridine rings is 1. The van der Waals surface area contributed by atoms with Crippen molar-refractivity contribution in [2.24, 2.45) is 0 Å². The Morgan fingerprint density at radius 1 is 0.349 bits per heavy atom. The molecule has 43 heavy (non-hydrogen) atoms. The molecule has 7 aromatic carbocycles. The summed E-state index contributed by atoms with van der Waals surface area (Å²) in [6.07, 6.45) is 1.98. The van der Waals surface area contributed by atoms with Crippen LogP contribution in [-0.4, -0.2) is 4.98 Å². The Labute approximate surface area is 251 Å². The van der Waals surface area contributed by atoms with E-state index >= 15 is 0 Å². The lowest BCUT2D eigenvalue weighted by atomic mass is 9.84. The van der Waals surface area contributed by atoms with Crippen LogP contribution in [0.25, 0.3) is 77.0 Å². The standard InChI is InChI=1S/C42H29N/c1-28-11-9-19-34-33(28)18-10-20-35(34)42-38-16-7-5-14-36(38)41(37-15-6-8-17-39(37)42)31-23-21-29(22-24-31)32-25-26-40(43-27-32)30-12-3-2-4-13-30/h2-27H,1H3. The first-order chi connectivity index (χ1) is 21.3. The quantitative estimate of drug-likeness (QED) is 0.200. The van der Waals surface area contributed by atoms with Crippen LogP contribution in [0.4, 0.5) is 0 Å². The molecule has 1 aromatic heterocycles. The third kappa shape index (κ3) is 4.29. The molecule has 0 aliphatic heterocycles. The molecule has 0 spiro atoms. The van der Waals surface area contributed by atoms with Gasteiger partial charge in [-0.25, -0.2) is 0 Å². The molecular formula is C42H29N. The molecule has 0 amide bonds. The van der Waals surface area contributed by atoms with Crippen molar-refractivity contribution in [2.45, 2.75) is 6.92 Å². The van der Waals surface area contributed by atoms with Crippen LogP contribution in [0.5, 0.6) is 0 Å². The average molecular weight is 548 g/mol. The summed E-state index contributed by atoms with van der Waals surface area (Å²) < 4.78 is 0. The van der Waals surface area contributed by atoms with Crippen molar-refractivity contribution in [2.75, 3.05) is 0 Å². The van der Waals surface area contributed by atoms with Gasteiger partial charge < -0.3 is 0 Å². The molecule has 1 nitrogen and oxygen atoms in total. The molecule has 0 aliphatic carbocycles.